The molecule has 0 spiro atoms. The second-order valence-corrected chi connectivity index (χ2v) is 4.12. The van der Waals surface area contributed by atoms with Gasteiger partial charge in [-0.3, -0.25) is 0 Å². The molecule has 0 aromatic carbocycles. The molecule has 1 unspecified atom stereocenters. The van der Waals surface area contributed by atoms with E-state index in [1.165, 1.54) is 0 Å². The number of halogens is 1. The third-order valence-corrected chi connectivity index (χ3v) is 2.56. The van der Waals surface area contributed by atoms with Crippen LogP contribution in [0.4, 0.5) is 5.95 Å². The normalized spacial score (nSPS) is 19.3. The van der Waals surface area contributed by atoms with E-state index in [1.807, 2.05) is 6.92 Å². The maximum atomic E-state index is 5.77. The lowest BCUT2D eigenvalue weighted by Crippen LogP contribution is -2.14. The van der Waals surface area contributed by atoms with Crippen molar-refractivity contribution in [3.05, 3.63) is 5.28 Å². The van der Waals surface area contributed by atoms with Crippen LogP contribution in [0, 0.1) is 5.92 Å². The predicted molar refractivity (Wildman–Crippen MR) is 63.4 cm³/mol. The highest BCUT2D eigenvalue weighted by atomic mass is 35.5. The van der Waals surface area contributed by atoms with Crippen LogP contribution >= 0.6 is 11.6 Å². The highest BCUT2D eigenvalue weighted by Gasteiger charge is 2.17. The molecule has 94 valence electrons. The van der Waals surface area contributed by atoms with Gasteiger partial charge in [-0.25, -0.2) is 0 Å². The van der Waals surface area contributed by atoms with Crippen LogP contribution in [0.2, 0.25) is 5.28 Å². The van der Waals surface area contributed by atoms with Gasteiger partial charge in [0.1, 0.15) is 0 Å². The average Bonchev–Trinajstić information content (AvgIpc) is 2.79. The smallest absolute Gasteiger partial charge is 0.322 e. The SMILES string of the molecule is CCNc1nc(Cl)nc(OCC2CCOC2)n1. The summed E-state index contributed by atoms with van der Waals surface area (Å²) in [6.07, 6.45) is 1.01. The molecule has 0 bridgehead atoms. The predicted octanol–water partition coefficient (Wildman–Crippen LogP) is 1.37. The van der Waals surface area contributed by atoms with Gasteiger partial charge in [0.25, 0.3) is 0 Å². The van der Waals surface area contributed by atoms with Gasteiger partial charge in [-0.05, 0) is 24.9 Å². The Morgan fingerprint density at radius 3 is 3.06 bits per heavy atom. The van der Waals surface area contributed by atoms with Gasteiger partial charge in [-0.1, -0.05) is 0 Å². The summed E-state index contributed by atoms with van der Waals surface area (Å²) in [5.41, 5.74) is 0. The molecule has 2 rings (SSSR count). The van der Waals surface area contributed by atoms with E-state index >= 15 is 0 Å². The van der Waals surface area contributed by atoms with E-state index in [0.717, 1.165) is 26.2 Å². The first kappa shape index (κ1) is 12.3. The molecule has 0 saturated carbocycles. The number of anilines is 1. The minimum absolute atomic E-state index is 0.133. The van der Waals surface area contributed by atoms with Crippen molar-refractivity contribution in [2.24, 2.45) is 5.92 Å². The Hall–Kier alpha value is -1.14. The molecule has 6 nitrogen and oxygen atoms in total. The molecule has 1 N–H and O–H groups in total. The van der Waals surface area contributed by atoms with Crippen molar-refractivity contribution in [1.82, 2.24) is 15.0 Å². The molecule has 0 radical (unpaired) electrons. The Morgan fingerprint density at radius 2 is 2.35 bits per heavy atom. The zero-order valence-electron chi connectivity index (χ0n) is 9.65. The van der Waals surface area contributed by atoms with Gasteiger partial charge >= 0.3 is 6.01 Å². The number of ether oxygens (including phenoxy) is 2. The van der Waals surface area contributed by atoms with Crippen LogP contribution in [0.15, 0.2) is 0 Å². The van der Waals surface area contributed by atoms with E-state index < -0.39 is 0 Å². The highest BCUT2D eigenvalue weighted by Crippen LogP contribution is 2.15. The van der Waals surface area contributed by atoms with Gasteiger partial charge in [0, 0.05) is 19.1 Å². The van der Waals surface area contributed by atoms with E-state index in [1.54, 1.807) is 0 Å². The maximum absolute atomic E-state index is 5.77. The van der Waals surface area contributed by atoms with E-state index in [4.69, 9.17) is 21.1 Å². The summed E-state index contributed by atoms with van der Waals surface area (Å²) >= 11 is 5.77. The Morgan fingerprint density at radius 1 is 1.47 bits per heavy atom. The molecule has 1 saturated heterocycles. The first-order valence-electron chi connectivity index (χ1n) is 5.64. The van der Waals surface area contributed by atoms with Crippen molar-refractivity contribution < 1.29 is 9.47 Å². The van der Waals surface area contributed by atoms with Crippen molar-refractivity contribution in [3.63, 3.8) is 0 Å². The monoisotopic (exact) mass is 258 g/mol. The number of hydrogen-bond donors (Lipinski definition) is 1. The zero-order valence-corrected chi connectivity index (χ0v) is 10.4. The van der Waals surface area contributed by atoms with Crippen LogP contribution in [0.5, 0.6) is 6.01 Å². The Balaban J connectivity index is 1.94. The summed E-state index contributed by atoms with van der Waals surface area (Å²) < 4.78 is 10.8. The topological polar surface area (TPSA) is 69.2 Å². The summed E-state index contributed by atoms with van der Waals surface area (Å²) in [5.74, 6) is 0.846. The molecule has 7 heteroatoms. The van der Waals surface area contributed by atoms with Gasteiger partial charge in [0.2, 0.25) is 11.2 Å². The van der Waals surface area contributed by atoms with E-state index in [9.17, 15) is 0 Å². The minimum Gasteiger partial charge on any atom is -0.463 e. The van der Waals surface area contributed by atoms with E-state index in [2.05, 4.69) is 20.3 Å². The summed E-state index contributed by atoms with van der Waals surface area (Å²) in [7, 11) is 0. The van der Waals surface area contributed by atoms with Crippen molar-refractivity contribution in [3.8, 4) is 6.01 Å². The molecule has 17 heavy (non-hydrogen) atoms. The molecule has 1 aliphatic heterocycles. The van der Waals surface area contributed by atoms with Gasteiger partial charge in [-0.15, -0.1) is 0 Å². The number of nitrogens with zero attached hydrogens (tertiary/aromatic N) is 3. The van der Waals surface area contributed by atoms with Crippen molar-refractivity contribution >= 4 is 17.5 Å². The largest absolute Gasteiger partial charge is 0.463 e. The molecular formula is C10H15ClN4O2. The Labute approximate surface area is 105 Å². The lowest BCUT2D eigenvalue weighted by molar-refractivity contribution is 0.163. The van der Waals surface area contributed by atoms with Crippen LogP contribution < -0.4 is 10.1 Å². The third-order valence-electron chi connectivity index (χ3n) is 2.39. The first-order valence-corrected chi connectivity index (χ1v) is 6.01. The molecule has 1 aromatic heterocycles. The van der Waals surface area contributed by atoms with Gasteiger partial charge in [0.05, 0.1) is 13.2 Å². The van der Waals surface area contributed by atoms with E-state index in [0.29, 0.717) is 18.5 Å². The number of aromatic nitrogens is 3. The van der Waals surface area contributed by atoms with Crippen LogP contribution in [0.1, 0.15) is 13.3 Å². The van der Waals surface area contributed by atoms with Crippen LogP contribution in [-0.4, -0.2) is 41.3 Å². The third kappa shape index (κ3) is 3.67. The van der Waals surface area contributed by atoms with Crippen LogP contribution in [0.3, 0.4) is 0 Å². The van der Waals surface area contributed by atoms with Crippen molar-refractivity contribution in [1.29, 1.82) is 0 Å². The summed E-state index contributed by atoms with van der Waals surface area (Å²) in [6.45, 7) is 4.75. The summed E-state index contributed by atoms with van der Waals surface area (Å²) in [6, 6.07) is 0.257. The first-order chi connectivity index (χ1) is 8.28. The fraction of sp³-hybridized carbons (Fsp3) is 0.700. The molecule has 1 aliphatic rings. The Bertz CT molecular complexity index is 371. The second-order valence-electron chi connectivity index (χ2n) is 3.78. The lowest BCUT2D eigenvalue weighted by atomic mass is 10.1. The van der Waals surface area contributed by atoms with Crippen LogP contribution in [-0.2, 0) is 4.74 Å². The van der Waals surface area contributed by atoms with Gasteiger partial charge in [-0.2, -0.15) is 15.0 Å². The maximum Gasteiger partial charge on any atom is 0.322 e. The molecule has 2 heterocycles. The number of nitrogens with one attached hydrogen (secondary N) is 1. The minimum atomic E-state index is 0.133. The van der Waals surface area contributed by atoms with Gasteiger partial charge < -0.3 is 14.8 Å². The quantitative estimate of drug-likeness (QED) is 0.860. The number of rotatable bonds is 5. The lowest BCUT2D eigenvalue weighted by Gasteiger charge is -2.09. The molecule has 0 aliphatic carbocycles. The Kier molecular flexibility index (Phi) is 4.33. The second kappa shape index (κ2) is 5.97. The van der Waals surface area contributed by atoms with Crippen LogP contribution in [0.25, 0.3) is 0 Å². The molecule has 1 aromatic rings. The number of hydrogen-bond acceptors (Lipinski definition) is 6. The van der Waals surface area contributed by atoms with Gasteiger partial charge in [0.15, 0.2) is 0 Å². The van der Waals surface area contributed by atoms with Crippen molar-refractivity contribution in [2.75, 3.05) is 31.7 Å². The molecule has 1 fully saturated rings. The molecular weight excluding hydrogens is 244 g/mol. The summed E-state index contributed by atoms with van der Waals surface area (Å²) in [5, 5.41) is 3.10. The average molecular weight is 259 g/mol. The van der Waals surface area contributed by atoms with Crippen molar-refractivity contribution in [2.45, 2.75) is 13.3 Å². The fourth-order valence-electron chi connectivity index (χ4n) is 1.54. The molecule has 0 amide bonds. The standard InChI is InChI=1S/C10H15ClN4O2/c1-2-12-9-13-8(11)14-10(15-9)17-6-7-3-4-16-5-7/h7H,2-6H2,1H3,(H,12,13,14,15). The van der Waals surface area contributed by atoms with E-state index in [-0.39, 0.29) is 11.3 Å². The fourth-order valence-corrected chi connectivity index (χ4v) is 1.69. The zero-order chi connectivity index (χ0) is 12.1. The molecule has 1 atom stereocenters. The highest BCUT2D eigenvalue weighted by molar-refractivity contribution is 6.28. The summed E-state index contributed by atoms with van der Waals surface area (Å²) in [4.78, 5) is 12.0.